The van der Waals surface area contributed by atoms with Gasteiger partial charge < -0.3 is 15.8 Å². The molecule has 0 spiro atoms. The number of pyridine rings is 1. The molecule has 3 N–H and O–H groups in total. The van der Waals surface area contributed by atoms with Gasteiger partial charge in [-0.3, -0.25) is 9.59 Å². The standard InChI is InChI=1S/C19H18N4O5S2/c1-23(30(26,27)18-6-3-9-29-18)12-16(24)22-14-7-8-17(21-11-14)28-15-5-2-4-13(10-15)19(20)25/h2-11H,12H2,1H3,(H2,20,25)(H,22,24). The third-order valence-electron chi connectivity index (χ3n) is 3.89. The number of sulfonamides is 1. The number of ether oxygens (including phenoxy) is 1. The molecule has 0 saturated heterocycles. The van der Waals surface area contributed by atoms with Crippen LogP contribution in [0.5, 0.6) is 11.6 Å². The lowest BCUT2D eigenvalue weighted by atomic mass is 10.2. The average Bonchev–Trinajstić information content (AvgIpc) is 3.25. The van der Waals surface area contributed by atoms with Crippen LogP contribution in [0.4, 0.5) is 5.69 Å². The maximum atomic E-state index is 12.4. The van der Waals surface area contributed by atoms with Crippen LogP contribution >= 0.6 is 11.3 Å². The summed E-state index contributed by atoms with van der Waals surface area (Å²) in [6.45, 7) is -0.349. The number of carbonyl (C=O) groups is 2. The fourth-order valence-electron chi connectivity index (χ4n) is 2.40. The monoisotopic (exact) mass is 446 g/mol. The fourth-order valence-corrected chi connectivity index (χ4v) is 4.73. The largest absolute Gasteiger partial charge is 0.439 e. The van der Waals surface area contributed by atoms with Crippen molar-refractivity contribution in [2.24, 2.45) is 5.73 Å². The Labute approximate surface area is 177 Å². The Balaban J connectivity index is 1.59. The Morgan fingerprint density at radius 1 is 1.20 bits per heavy atom. The van der Waals surface area contributed by atoms with Gasteiger partial charge in [-0.2, -0.15) is 4.31 Å². The molecule has 0 saturated carbocycles. The van der Waals surface area contributed by atoms with Gasteiger partial charge in [-0.15, -0.1) is 11.3 Å². The van der Waals surface area contributed by atoms with E-state index in [2.05, 4.69) is 10.3 Å². The van der Waals surface area contributed by atoms with Crippen molar-refractivity contribution in [2.45, 2.75) is 4.21 Å². The van der Waals surface area contributed by atoms with Crippen LogP contribution in [0.15, 0.2) is 64.3 Å². The number of nitrogens with zero attached hydrogens (tertiary/aromatic N) is 2. The fraction of sp³-hybridized carbons (Fsp3) is 0.105. The molecule has 0 radical (unpaired) electrons. The van der Waals surface area contributed by atoms with Gasteiger partial charge in [0.15, 0.2) is 0 Å². The second-order valence-electron chi connectivity index (χ2n) is 6.12. The van der Waals surface area contributed by atoms with Crippen molar-refractivity contribution < 1.29 is 22.7 Å². The minimum atomic E-state index is -3.71. The molecule has 0 fully saturated rings. The molecule has 0 unspecified atom stereocenters. The summed E-state index contributed by atoms with van der Waals surface area (Å²) in [6.07, 6.45) is 1.37. The highest BCUT2D eigenvalue weighted by atomic mass is 32.2. The molecule has 156 valence electrons. The van der Waals surface area contributed by atoms with E-state index < -0.39 is 21.8 Å². The number of amides is 2. The lowest BCUT2D eigenvalue weighted by molar-refractivity contribution is -0.116. The number of rotatable bonds is 8. The summed E-state index contributed by atoms with van der Waals surface area (Å²) in [5.74, 6) is -0.456. The first-order chi connectivity index (χ1) is 14.3. The molecule has 2 aromatic heterocycles. The predicted molar refractivity (Wildman–Crippen MR) is 112 cm³/mol. The van der Waals surface area contributed by atoms with Gasteiger partial charge >= 0.3 is 0 Å². The number of hydrogen-bond acceptors (Lipinski definition) is 7. The van der Waals surface area contributed by atoms with Crippen LogP contribution in [-0.2, 0) is 14.8 Å². The first kappa shape index (κ1) is 21.4. The maximum absolute atomic E-state index is 12.4. The Bertz CT molecular complexity index is 1150. The summed E-state index contributed by atoms with van der Waals surface area (Å²) in [5, 5.41) is 4.24. The average molecular weight is 447 g/mol. The molecule has 9 nitrogen and oxygen atoms in total. The highest BCUT2D eigenvalue weighted by Gasteiger charge is 2.23. The highest BCUT2D eigenvalue weighted by molar-refractivity contribution is 7.91. The van der Waals surface area contributed by atoms with Crippen molar-refractivity contribution >= 4 is 38.9 Å². The van der Waals surface area contributed by atoms with Crippen molar-refractivity contribution in [1.82, 2.24) is 9.29 Å². The van der Waals surface area contributed by atoms with E-state index in [9.17, 15) is 18.0 Å². The summed E-state index contributed by atoms with van der Waals surface area (Å²) >= 11 is 1.08. The molecule has 11 heteroatoms. The molecule has 2 heterocycles. The Morgan fingerprint density at radius 3 is 2.63 bits per heavy atom. The van der Waals surface area contributed by atoms with Gasteiger partial charge in [0.05, 0.1) is 18.4 Å². The number of benzene rings is 1. The summed E-state index contributed by atoms with van der Waals surface area (Å²) in [6, 6.07) is 12.5. The number of primary amides is 1. The zero-order chi connectivity index (χ0) is 21.7. The summed E-state index contributed by atoms with van der Waals surface area (Å²) in [5.41, 5.74) is 5.92. The van der Waals surface area contributed by atoms with Gasteiger partial charge in [-0.25, -0.2) is 13.4 Å². The van der Waals surface area contributed by atoms with Crippen LogP contribution < -0.4 is 15.8 Å². The number of nitrogens with one attached hydrogen (secondary N) is 1. The summed E-state index contributed by atoms with van der Waals surface area (Å²) in [7, 11) is -2.37. The van der Waals surface area contributed by atoms with Gasteiger partial charge in [-0.1, -0.05) is 12.1 Å². The first-order valence-corrected chi connectivity index (χ1v) is 10.9. The molecular weight excluding hydrogens is 428 g/mol. The molecule has 0 atom stereocenters. The predicted octanol–water partition coefficient (Wildman–Crippen LogP) is 2.29. The zero-order valence-corrected chi connectivity index (χ0v) is 17.4. The Hall–Kier alpha value is -3.28. The molecule has 30 heavy (non-hydrogen) atoms. The minimum Gasteiger partial charge on any atom is -0.439 e. The topological polar surface area (TPSA) is 132 Å². The lowest BCUT2D eigenvalue weighted by Crippen LogP contribution is -2.34. The van der Waals surface area contributed by atoms with E-state index in [0.717, 1.165) is 15.6 Å². The van der Waals surface area contributed by atoms with Crippen molar-refractivity contribution in [1.29, 1.82) is 0 Å². The second kappa shape index (κ2) is 9.03. The van der Waals surface area contributed by atoms with E-state index in [4.69, 9.17) is 10.5 Å². The van der Waals surface area contributed by atoms with Crippen molar-refractivity contribution in [2.75, 3.05) is 18.9 Å². The van der Waals surface area contributed by atoms with Crippen molar-refractivity contribution in [3.63, 3.8) is 0 Å². The quantitative estimate of drug-likeness (QED) is 0.546. The summed E-state index contributed by atoms with van der Waals surface area (Å²) < 4.78 is 31.4. The number of carbonyl (C=O) groups excluding carboxylic acids is 2. The van der Waals surface area contributed by atoms with Crippen molar-refractivity contribution in [3.8, 4) is 11.6 Å². The molecule has 0 aliphatic rings. The van der Waals surface area contributed by atoms with Crippen molar-refractivity contribution in [3.05, 3.63) is 65.7 Å². The molecule has 0 aliphatic carbocycles. The van der Waals surface area contributed by atoms with Gasteiger partial charge in [-0.05, 0) is 35.7 Å². The Morgan fingerprint density at radius 2 is 2.00 bits per heavy atom. The van der Waals surface area contributed by atoms with E-state index in [1.54, 1.807) is 35.7 Å². The number of anilines is 1. The molecule has 3 rings (SSSR count). The Kier molecular flexibility index (Phi) is 6.45. The number of hydrogen-bond donors (Lipinski definition) is 2. The molecule has 1 aromatic carbocycles. The number of thiophene rings is 1. The van der Waals surface area contributed by atoms with Gasteiger partial charge in [0.2, 0.25) is 17.7 Å². The van der Waals surface area contributed by atoms with Gasteiger partial charge in [0.25, 0.3) is 10.0 Å². The normalized spacial score (nSPS) is 11.3. The highest BCUT2D eigenvalue weighted by Crippen LogP contribution is 2.22. The molecule has 2 amide bonds. The zero-order valence-electron chi connectivity index (χ0n) is 15.8. The van der Waals surface area contributed by atoms with Gasteiger partial charge in [0.1, 0.15) is 9.96 Å². The third-order valence-corrected chi connectivity index (χ3v) is 7.06. The third kappa shape index (κ3) is 5.20. The van der Waals surface area contributed by atoms with E-state index in [1.807, 2.05) is 0 Å². The van der Waals surface area contributed by atoms with Crippen LogP contribution in [0.25, 0.3) is 0 Å². The van der Waals surface area contributed by atoms with E-state index >= 15 is 0 Å². The van der Waals surface area contributed by atoms with Crippen LogP contribution in [-0.4, -0.2) is 43.1 Å². The number of likely N-dealkylation sites (N-methyl/N-ethyl adjacent to an activating group) is 1. The number of aromatic nitrogens is 1. The smallest absolute Gasteiger partial charge is 0.252 e. The van der Waals surface area contributed by atoms with E-state index in [0.29, 0.717) is 17.0 Å². The van der Waals surface area contributed by atoms with Gasteiger partial charge in [0, 0.05) is 18.7 Å². The molecular formula is C19H18N4O5S2. The van der Waals surface area contributed by atoms with Crippen LogP contribution in [0.2, 0.25) is 0 Å². The maximum Gasteiger partial charge on any atom is 0.252 e. The number of nitrogens with two attached hydrogens (primary N) is 1. The van der Waals surface area contributed by atoms with Crippen LogP contribution in [0.3, 0.4) is 0 Å². The lowest BCUT2D eigenvalue weighted by Gasteiger charge is -2.15. The van der Waals surface area contributed by atoms with E-state index in [1.165, 1.54) is 31.4 Å². The first-order valence-electron chi connectivity index (χ1n) is 8.59. The second-order valence-corrected chi connectivity index (χ2v) is 9.34. The SMILES string of the molecule is CN(CC(=O)Nc1ccc(Oc2cccc(C(N)=O)c2)nc1)S(=O)(=O)c1cccs1. The summed E-state index contributed by atoms with van der Waals surface area (Å²) in [4.78, 5) is 27.5. The van der Waals surface area contributed by atoms with E-state index in [-0.39, 0.29) is 16.6 Å². The molecule has 0 aliphatic heterocycles. The van der Waals surface area contributed by atoms with Crippen LogP contribution in [0.1, 0.15) is 10.4 Å². The van der Waals surface area contributed by atoms with Crippen LogP contribution in [0, 0.1) is 0 Å². The molecule has 3 aromatic rings. The minimum absolute atomic E-state index is 0.168. The molecule has 0 bridgehead atoms.